The minimum atomic E-state index is -0.556. The Morgan fingerprint density at radius 1 is 1.53 bits per heavy atom. The highest BCUT2D eigenvalue weighted by Gasteiger charge is 2.46. The molecule has 0 saturated carbocycles. The fourth-order valence-corrected chi connectivity index (χ4v) is 1.90. The molecular formula is C12H17NO2. The Kier molecular flexibility index (Phi) is 3.18. The number of imide groups is 1. The largest absolute Gasteiger partial charge is 0.278 e. The van der Waals surface area contributed by atoms with Crippen LogP contribution in [0.5, 0.6) is 0 Å². The summed E-state index contributed by atoms with van der Waals surface area (Å²) >= 11 is 0. The summed E-state index contributed by atoms with van der Waals surface area (Å²) in [5, 5.41) is 0. The lowest BCUT2D eigenvalue weighted by atomic mass is 9.92. The van der Waals surface area contributed by atoms with Gasteiger partial charge in [0.25, 0.3) is 0 Å². The average Bonchev–Trinajstić information content (AvgIpc) is 2.34. The van der Waals surface area contributed by atoms with Crippen LogP contribution >= 0.6 is 0 Å². The minimum absolute atomic E-state index is 0.0883. The Morgan fingerprint density at radius 2 is 2.13 bits per heavy atom. The van der Waals surface area contributed by atoms with Crippen LogP contribution in [0.25, 0.3) is 0 Å². The number of carbonyl (C=O) groups excluding carboxylic acids is 2. The van der Waals surface area contributed by atoms with Crippen molar-refractivity contribution < 1.29 is 9.59 Å². The van der Waals surface area contributed by atoms with Gasteiger partial charge in [-0.3, -0.25) is 14.5 Å². The molecule has 1 saturated heterocycles. The summed E-state index contributed by atoms with van der Waals surface area (Å²) in [6, 6.07) is -0.128. The fourth-order valence-electron chi connectivity index (χ4n) is 1.90. The van der Waals surface area contributed by atoms with Crippen LogP contribution in [0.2, 0.25) is 0 Å². The van der Waals surface area contributed by atoms with Crippen LogP contribution in [-0.2, 0) is 9.59 Å². The van der Waals surface area contributed by atoms with E-state index < -0.39 is 5.41 Å². The Hall–Kier alpha value is -1.30. The number of terminal acetylenes is 1. The topological polar surface area (TPSA) is 37.4 Å². The van der Waals surface area contributed by atoms with Gasteiger partial charge < -0.3 is 0 Å². The first-order chi connectivity index (χ1) is 6.94. The quantitative estimate of drug-likeness (QED) is 0.520. The highest BCUT2D eigenvalue weighted by atomic mass is 16.2. The molecule has 0 bridgehead atoms. The van der Waals surface area contributed by atoms with Gasteiger partial charge in [-0.1, -0.05) is 20.8 Å². The molecular weight excluding hydrogens is 190 g/mol. The van der Waals surface area contributed by atoms with Gasteiger partial charge in [0.05, 0.1) is 11.5 Å². The Balaban J connectivity index is 2.91. The molecule has 1 atom stereocenters. The lowest BCUT2D eigenvalue weighted by Crippen LogP contribution is -2.41. The molecule has 0 spiro atoms. The predicted octanol–water partition coefficient (Wildman–Crippen LogP) is 1.57. The van der Waals surface area contributed by atoms with Gasteiger partial charge in [-0.2, -0.15) is 0 Å². The summed E-state index contributed by atoms with van der Waals surface area (Å²) in [6.45, 7) is 5.54. The Labute approximate surface area is 90.8 Å². The van der Waals surface area contributed by atoms with Crippen molar-refractivity contribution in [1.29, 1.82) is 0 Å². The summed E-state index contributed by atoms with van der Waals surface area (Å²) in [5.74, 6) is 2.34. The zero-order chi connectivity index (χ0) is 11.6. The summed E-state index contributed by atoms with van der Waals surface area (Å²) in [4.78, 5) is 25.0. The molecule has 1 heterocycles. The van der Waals surface area contributed by atoms with Crippen LogP contribution in [0.15, 0.2) is 0 Å². The van der Waals surface area contributed by atoms with Crippen molar-refractivity contribution in [2.45, 2.75) is 46.1 Å². The van der Waals surface area contributed by atoms with E-state index in [1.807, 2.05) is 6.92 Å². The van der Waals surface area contributed by atoms with Crippen LogP contribution in [0.3, 0.4) is 0 Å². The fraction of sp³-hybridized carbons (Fsp3) is 0.667. The van der Waals surface area contributed by atoms with Crippen LogP contribution < -0.4 is 0 Å². The van der Waals surface area contributed by atoms with Gasteiger partial charge >= 0.3 is 0 Å². The van der Waals surface area contributed by atoms with Crippen molar-refractivity contribution in [3.05, 3.63) is 0 Å². The van der Waals surface area contributed by atoms with Crippen LogP contribution in [0.4, 0.5) is 0 Å². The number of likely N-dealkylation sites (tertiary alicyclic amines) is 1. The average molecular weight is 207 g/mol. The lowest BCUT2D eigenvalue weighted by molar-refractivity contribution is -0.143. The molecule has 2 amide bonds. The third kappa shape index (κ3) is 2.04. The predicted molar refractivity (Wildman–Crippen MR) is 57.8 cm³/mol. The molecule has 1 unspecified atom stereocenters. The maximum absolute atomic E-state index is 11.9. The molecule has 0 aromatic carbocycles. The molecule has 3 nitrogen and oxygen atoms in total. The number of hydrogen-bond donors (Lipinski definition) is 0. The van der Waals surface area contributed by atoms with Gasteiger partial charge in [0, 0.05) is 12.8 Å². The molecule has 3 heteroatoms. The monoisotopic (exact) mass is 207 g/mol. The number of amides is 2. The van der Waals surface area contributed by atoms with E-state index >= 15 is 0 Å². The zero-order valence-electron chi connectivity index (χ0n) is 9.54. The molecule has 0 aliphatic carbocycles. The van der Waals surface area contributed by atoms with Gasteiger partial charge in [-0.05, 0) is 6.42 Å². The maximum Gasteiger partial charge on any atom is 0.235 e. The number of carbonyl (C=O) groups is 2. The van der Waals surface area contributed by atoms with Crippen molar-refractivity contribution in [1.82, 2.24) is 4.90 Å². The molecule has 0 N–H and O–H groups in total. The van der Waals surface area contributed by atoms with Gasteiger partial charge in [-0.15, -0.1) is 12.3 Å². The SMILES string of the molecule is C#CCC(CC)N1C(=O)CC(C)(C)C1=O. The van der Waals surface area contributed by atoms with Crippen LogP contribution in [-0.4, -0.2) is 22.8 Å². The van der Waals surface area contributed by atoms with E-state index in [1.165, 1.54) is 4.90 Å². The summed E-state index contributed by atoms with van der Waals surface area (Å²) in [6.07, 6.45) is 6.70. The first kappa shape index (κ1) is 11.8. The Bertz CT molecular complexity index is 325. The van der Waals surface area contributed by atoms with Crippen molar-refractivity contribution in [2.24, 2.45) is 5.41 Å². The first-order valence-corrected chi connectivity index (χ1v) is 5.24. The smallest absolute Gasteiger partial charge is 0.235 e. The van der Waals surface area contributed by atoms with E-state index in [4.69, 9.17) is 6.42 Å². The highest BCUT2D eigenvalue weighted by Crippen LogP contribution is 2.33. The standard InChI is InChI=1S/C12H17NO2/c1-5-7-9(6-2)13-10(14)8-12(3,4)11(13)15/h1,9H,6-8H2,2-4H3. The third-order valence-corrected chi connectivity index (χ3v) is 2.85. The van der Waals surface area contributed by atoms with Crippen molar-refractivity contribution in [3.8, 4) is 12.3 Å². The second-order valence-corrected chi connectivity index (χ2v) is 4.60. The second-order valence-electron chi connectivity index (χ2n) is 4.60. The molecule has 82 valence electrons. The van der Waals surface area contributed by atoms with Gasteiger partial charge in [0.2, 0.25) is 11.8 Å². The third-order valence-electron chi connectivity index (χ3n) is 2.85. The summed E-state index contributed by atoms with van der Waals surface area (Å²) in [5.41, 5.74) is -0.556. The van der Waals surface area contributed by atoms with Crippen LogP contribution in [0.1, 0.15) is 40.0 Å². The molecule has 1 fully saturated rings. The van der Waals surface area contributed by atoms with E-state index in [0.29, 0.717) is 12.8 Å². The zero-order valence-corrected chi connectivity index (χ0v) is 9.54. The molecule has 0 radical (unpaired) electrons. The number of hydrogen-bond acceptors (Lipinski definition) is 2. The van der Waals surface area contributed by atoms with E-state index in [2.05, 4.69) is 5.92 Å². The maximum atomic E-state index is 11.9. The van der Waals surface area contributed by atoms with Crippen molar-refractivity contribution >= 4 is 11.8 Å². The summed E-state index contributed by atoms with van der Waals surface area (Å²) < 4.78 is 0. The van der Waals surface area contributed by atoms with Gasteiger partial charge in [0.1, 0.15) is 0 Å². The Morgan fingerprint density at radius 3 is 2.47 bits per heavy atom. The molecule has 15 heavy (non-hydrogen) atoms. The molecule has 1 aliphatic heterocycles. The van der Waals surface area contributed by atoms with E-state index in [0.717, 1.165) is 6.42 Å². The van der Waals surface area contributed by atoms with E-state index in [1.54, 1.807) is 13.8 Å². The molecule has 1 rings (SSSR count). The highest BCUT2D eigenvalue weighted by molar-refractivity contribution is 6.05. The lowest BCUT2D eigenvalue weighted by Gasteiger charge is -2.25. The normalized spacial score (nSPS) is 21.6. The molecule has 1 aliphatic rings. The molecule has 0 aromatic heterocycles. The first-order valence-electron chi connectivity index (χ1n) is 5.24. The van der Waals surface area contributed by atoms with Gasteiger partial charge in [0.15, 0.2) is 0 Å². The summed E-state index contributed by atoms with van der Waals surface area (Å²) in [7, 11) is 0. The molecule has 0 aromatic rings. The van der Waals surface area contributed by atoms with Gasteiger partial charge in [-0.25, -0.2) is 0 Å². The van der Waals surface area contributed by atoms with Crippen LogP contribution in [0, 0.1) is 17.8 Å². The second kappa shape index (κ2) is 4.06. The van der Waals surface area contributed by atoms with E-state index in [-0.39, 0.29) is 17.9 Å². The van der Waals surface area contributed by atoms with E-state index in [9.17, 15) is 9.59 Å². The van der Waals surface area contributed by atoms with Crippen molar-refractivity contribution in [3.63, 3.8) is 0 Å². The minimum Gasteiger partial charge on any atom is -0.278 e. The van der Waals surface area contributed by atoms with Crippen molar-refractivity contribution in [2.75, 3.05) is 0 Å². The number of rotatable bonds is 3. The number of nitrogens with zero attached hydrogens (tertiary/aromatic N) is 1.